The molecule has 0 radical (unpaired) electrons. The number of benzene rings is 1. The lowest BCUT2D eigenvalue weighted by molar-refractivity contribution is -0.123. The zero-order chi connectivity index (χ0) is 21.8. The number of aromatic nitrogens is 1. The van der Waals surface area contributed by atoms with Crippen LogP contribution in [-0.2, 0) is 4.79 Å². The van der Waals surface area contributed by atoms with Crippen molar-refractivity contribution in [1.82, 2.24) is 15.4 Å². The summed E-state index contributed by atoms with van der Waals surface area (Å²) in [6.45, 7) is 0. The summed E-state index contributed by atoms with van der Waals surface area (Å²) in [6, 6.07) is 6.15. The highest BCUT2D eigenvalue weighted by Crippen LogP contribution is 2.37. The zero-order valence-electron chi connectivity index (χ0n) is 15.7. The van der Waals surface area contributed by atoms with Gasteiger partial charge in [-0.25, -0.2) is 4.79 Å². The van der Waals surface area contributed by atoms with E-state index in [9.17, 15) is 19.5 Å². The van der Waals surface area contributed by atoms with Crippen molar-refractivity contribution in [3.05, 3.63) is 58.3 Å². The number of amides is 2. The van der Waals surface area contributed by atoms with Gasteiger partial charge < -0.3 is 14.6 Å². The summed E-state index contributed by atoms with van der Waals surface area (Å²) in [5.41, 5.74) is 2.74. The molecule has 0 saturated carbocycles. The van der Waals surface area contributed by atoms with Crippen molar-refractivity contribution in [2.24, 2.45) is 0 Å². The standard InChI is InChI=1S/C19H15N3O6S2/c1-27-12-6-5-10(14(18(25)26)15(12)28-2)8-13-17(24)22(19(29)30-13)21-16(23)11-4-3-7-20-9-11/h3-9H,1-2H3,(H,21,23)(H,25,26)/b13-8+. The van der Waals surface area contributed by atoms with Crippen molar-refractivity contribution in [1.29, 1.82) is 0 Å². The number of carbonyl (C=O) groups excluding carboxylic acids is 2. The topological polar surface area (TPSA) is 118 Å². The third kappa shape index (κ3) is 4.11. The molecule has 11 heteroatoms. The molecule has 9 nitrogen and oxygen atoms in total. The van der Waals surface area contributed by atoms with Crippen molar-refractivity contribution in [2.45, 2.75) is 0 Å². The average molecular weight is 445 g/mol. The number of nitrogens with one attached hydrogen (secondary N) is 1. The number of carboxylic acids is 1. The van der Waals surface area contributed by atoms with Crippen LogP contribution in [0.4, 0.5) is 0 Å². The predicted molar refractivity (Wildman–Crippen MR) is 113 cm³/mol. The number of carboxylic acid groups (broad SMARTS) is 1. The molecular weight excluding hydrogens is 430 g/mol. The average Bonchev–Trinajstić information content (AvgIpc) is 3.00. The van der Waals surface area contributed by atoms with E-state index in [-0.39, 0.29) is 37.4 Å². The number of methoxy groups -OCH3 is 2. The van der Waals surface area contributed by atoms with Crippen molar-refractivity contribution in [3.63, 3.8) is 0 Å². The van der Waals surface area contributed by atoms with Gasteiger partial charge in [0, 0.05) is 12.4 Å². The zero-order valence-corrected chi connectivity index (χ0v) is 17.4. The fourth-order valence-corrected chi connectivity index (χ4v) is 3.82. The van der Waals surface area contributed by atoms with Gasteiger partial charge in [0.2, 0.25) is 0 Å². The van der Waals surface area contributed by atoms with Crippen LogP contribution in [0.3, 0.4) is 0 Å². The van der Waals surface area contributed by atoms with Crippen LogP contribution in [-0.4, -0.2) is 51.4 Å². The van der Waals surface area contributed by atoms with E-state index in [1.807, 2.05) is 0 Å². The normalized spacial score (nSPS) is 14.7. The molecule has 1 saturated heterocycles. The third-order valence-electron chi connectivity index (χ3n) is 4.01. The van der Waals surface area contributed by atoms with Gasteiger partial charge in [-0.15, -0.1) is 0 Å². The van der Waals surface area contributed by atoms with Gasteiger partial charge >= 0.3 is 5.97 Å². The van der Waals surface area contributed by atoms with Crippen LogP contribution in [0.25, 0.3) is 6.08 Å². The lowest BCUT2D eigenvalue weighted by Gasteiger charge is -2.15. The molecular formula is C19H15N3O6S2. The number of thioether (sulfide) groups is 1. The van der Waals surface area contributed by atoms with Gasteiger partial charge in [-0.2, -0.15) is 5.01 Å². The molecule has 3 rings (SSSR count). The maximum Gasteiger partial charge on any atom is 0.340 e. The molecule has 2 N–H and O–H groups in total. The fraction of sp³-hybridized carbons (Fsp3) is 0.105. The first kappa shape index (κ1) is 21.3. The molecule has 0 bridgehead atoms. The number of hydrazine groups is 1. The number of carbonyl (C=O) groups is 3. The van der Waals surface area contributed by atoms with Gasteiger partial charge in [0.1, 0.15) is 5.56 Å². The van der Waals surface area contributed by atoms with Gasteiger partial charge in [0.25, 0.3) is 11.8 Å². The van der Waals surface area contributed by atoms with Crippen LogP contribution in [0.1, 0.15) is 26.3 Å². The van der Waals surface area contributed by atoms with Gasteiger partial charge in [-0.05, 0) is 42.1 Å². The quantitative estimate of drug-likeness (QED) is 0.510. The third-order valence-corrected chi connectivity index (χ3v) is 5.31. The Morgan fingerprint density at radius 3 is 2.63 bits per heavy atom. The van der Waals surface area contributed by atoms with Crippen LogP contribution < -0.4 is 14.9 Å². The molecule has 1 aliphatic rings. The Bertz CT molecular complexity index is 1070. The lowest BCUT2D eigenvalue weighted by Crippen LogP contribution is -2.44. The van der Waals surface area contributed by atoms with Crippen molar-refractivity contribution < 1.29 is 29.0 Å². The maximum atomic E-state index is 12.8. The van der Waals surface area contributed by atoms with Crippen LogP contribution in [0.2, 0.25) is 0 Å². The van der Waals surface area contributed by atoms with E-state index in [0.29, 0.717) is 0 Å². The Kier molecular flexibility index (Phi) is 6.33. The van der Waals surface area contributed by atoms with Gasteiger partial charge in [0.15, 0.2) is 15.8 Å². The monoisotopic (exact) mass is 445 g/mol. The predicted octanol–water partition coefficient (Wildman–Crippen LogP) is 2.34. The minimum atomic E-state index is -1.25. The second kappa shape index (κ2) is 8.93. The Hall–Kier alpha value is -3.44. The van der Waals surface area contributed by atoms with Gasteiger partial charge in [0.05, 0.1) is 24.7 Å². The van der Waals surface area contributed by atoms with Crippen molar-refractivity contribution in [3.8, 4) is 11.5 Å². The SMILES string of the molecule is COc1ccc(/C=C2/SC(=S)N(NC(=O)c3cccnc3)C2=O)c(C(=O)O)c1OC. The minimum absolute atomic E-state index is 0.0270. The molecule has 1 aromatic heterocycles. The number of thiocarbonyl (C=S) groups is 1. The number of hydrogen-bond acceptors (Lipinski definition) is 8. The molecule has 0 atom stereocenters. The number of nitrogens with zero attached hydrogens (tertiary/aromatic N) is 2. The molecule has 1 fully saturated rings. The Morgan fingerprint density at radius 1 is 1.27 bits per heavy atom. The van der Waals surface area contributed by atoms with Crippen LogP contribution in [0.15, 0.2) is 41.6 Å². The number of aromatic carboxylic acids is 1. The molecule has 0 unspecified atom stereocenters. The molecule has 0 spiro atoms. The summed E-state index contributed by atoms with van der Waals surface area (Å²) >= 11 is 6.12. The summed E-state index contributed by atoms with van der Waals surface area (Å²) in [5, 5.41) is 10.6. The molecule has 2 amide bonds. The largest absolute Gasteiger partial charge is 0.493 e. The summed E-state index contributed by atoms with van der Waals surface area (Å²) in [6.07, 6.45) is 4.24. The Labute approximate surface area is 180 Å². The maximum absolute atomic E-state index is 12.8. The number of hydrogen-bond donors (Lipinski definition) is 2. The first-order valence-corrected chi connectivity index (χ1v) is 9.57. The van der Waals surface area contributed by atoms with Gasteiger partial charge in [-0.3, -0.25) is 20.0 Å². The van der Waals surface area contributed by atoms with E-state index in [2.05, 4.69) is 10.4 Å². The van der Waals surface area contributed by atoms with Gasteiger partial charge in [-0.1, -0.05) is 17.8 Å². The highest BCUT2D eigenvalue weighted by molar-refractivity contribution is 8.26. The first-order valence-electron chi connectivity index (χ1n) is 8.34. The Balaban J connectivity index is 1.92. The number of ether oxygens (including phenoxy) is 2. The summed E-state index contributed by atoms with van der Waals surface area (Å²) in [7, 11) is 2.71. The van der Waals surface area contributed by atoms with Crippen LogP contribution in [0, 0.1) is 0 Å². The molecule has 154 valence electrons. The summed E-state index contributed by atoms with van der Waals surface area (Å²) in [5.74, 6) is -2.13. The van der Waals surface area contributed by atoms with Crippen LogP contribution >= 0.6 is 24.0 Å². The molecule has 2 heterocycles. The second-order valence-corrected chi connectivity index (χ2v) is 7.45. The van der Waals surface area contributed by atoms with E-state index in [4.69, 9.17) is 21.7 Å². The smallest absolute Gasteiger partial charge is 0.340 e. The van der Waals surface area contributed by atoms with E-state index in [1.165, 1.54) is 44.8 Å². The number of rotatable bonds is 6. The lowest BCUT2D eigenvalue weighted by atomic mass is 10.0. The summed E-state index contributed by atoms with van der Waals surface area (Å²) < 4.78 is 10.4. The fourth-order valence-electron chi connectivity index (χ4n) is 2.65. The molecule has 1 aliphatic heterocycles. The van der Waals surface area contributed by atoms with Crippen molar-refractivity contribution in [2.75, 3.05) is 14.2 Å². The highest BCUT2D eigenvalue weighted by atomic mass is 32.2. The van der Waals surface area contributed by atoms with E-state index < -0.39 is 17.8 Å². The van der Waals surface area contributed by atoms with E-state index >= 15 is 0 Å². The first-order chi connectivity index (χ1) is 14.4. The molecule has 1 aromatic carbocycles. The molecule has 0 aliphatic carbocycles. The highest BCUT2D eigenvalue weighted by Gasteiger charge is 2.34. The molecule has 30 heavy (non-hydrogen) atoms. The van der Waals surface area contributed by atoms with Crippen LogP contribution in [0.5, 0.6) is 11.5 Å². The number of pyridine rings is 1. The molecule has 2 aromatic rings. The minimum Gasteiger partial charge on any atom is -0.493 e. The van der Waals surface area contributed by atoms with Crippen molar-refractivity contribution >= 4 is 52.2 Å². The Morgan fingerprint density at radius 2 is 2.03 bits per heavy atom. The second-order valence-electron chi connectivity index (χ2n) is 5.77. The summed E-state index contributed by atoms with van der Waals surface area (Å²) in [4.78, 5) is 40.9. The van der Waals surface area contributed by atoms with E-state index in [1.54, 1.807) is 12.1 Å². The van der Waals surface area contributed by atoms with E-state index in [0.717, 1.165) is 16.8 Å².